The molecule has 0 unspecified atom stereocenters. The first-order valence-corrected chi connectivity index (χ1v) is 9.18. The maximum atomic E-state index is 11.9. The van der Waals surface area contributed by atoms with Crippen molar-refractivity contribution in [3.05, 3.63) is 48.0 Å². The van der Waals surface area contributed by atoms with Crippen LogP contribution in [0.2, 0.25) is 0 Å². The van der Waals surface area contributed by atoms with Gasteiger partial charge in [-0.25, -0.2) is 4.79 Å². The summed E-state index contributed by atoms with van der Waals surface area (Å²) in [6, 6.07) is 14.0. The number of carbonyl (C=O) groups is 1. The molecule has 0 radical (unpaired) electrons. The number of hydrogen-bond acceptors (Lipinski definition) is 3. The van der Waals surface area contributed by atoms with Crippen molar-refractivity contribution in [3.63, 3.8) is 0 Å². The molecule has 0 aliphatic rings. The van der Waals surface area contributed by atoms with Crippen LogP contribution < -0.4 is 11.1 Å². The summed E-state index contributed by atoms with van der Waals surface area (Å²) in [5.41, 5.74) is 11.8. The first kappa shape index (κ1) is 18.8. The molecule has 27 heavy (non-hydrogen) atoms. The van der Waals surface area contributed by atoms with Crippen LogP contribution >= 0.6 is 0 Å². The normalized spacial score (nSPS) is 11.6. The number of aromatic nitrogens is 1. The average molecular weight is 365 g/mol. The van der Waals surface area contributed by atoms with Gasteiger partial charge in [-0.15, -0.1) is 0 Å². The number of rotatable bonds is 3. The number of fused-ring (bicyclic) bond motifs is 1. The zero-order chi connectivity index (χ0) is 19.8. The van der Waals surface area contributed by atoms with Crippen LogP contribution in [0.4, 0.5) is 16.2 Å². The largest absolute Gasteiger partial charge is 0.444 e. The number of nitrogens with two attached hydrogens (primary N) is 1. The molecule has 0 aliphatic carbocycles. The quantitative estimate of drug-likeness (QED) is 0.638. The first-order valence-electron chi connectivity index (χ1n) is 9.18. The van der Waals surface area contributed by atoms with Gasteiger partial charge in [-0.1, -0.05) is 24.3 Å². The van der Waals surface area contributed by atoms with Gasteiger partial charge in [0, 0.05) is 23.2 Å². The van der Waals surface area contributed by atoms with Crippen molar-refractivity contribution in [2.45, 2.75) is 46.8 Å². The van der Waals surface area contributed by atoms with Crippen LogP contribution in [-0.4, -0.2) is 16.3 Å². The predicted octanol–water partition coefficient (Wildman–Crippen LogP) is 5.57. The van der Waals surface area contributed by atoms with Gasteiger partial charge in [0.2, 0.25) is 0 Å². The molecule has 1 amide bonds. The van der Waals surface area contributed by atoms with Gasteiger partial charge in [0.1, 0.15) is 5.60 Å². The predicted molar refractivity (Wildman–Crippen MR) is 112 cm³/mol. The van der Waals surface area contributed by atoms with Crippen LogP contribution in [-0.2, 0) is 11.3 Å². The number of nitrogen functional groups attached to an aromatic ring is 1. The van der Waals surface area contributed by atoms with Gasteiger partial charge in [0.15, 0.2) is 0 Å². The minimum absolute atomic E-state index is 0.465. The topological polar surface area (TPSA) is 69.3 Å². The van der Waals surface area contributed by atoms with E-state index in [2.05, 4.69) is 41.9 Å². The van der Waals surface area contributed by atoms with E-state index in [0.29, 0.717) is 5.69 Å². The number of ether oxygens (including phenoxy) is 1. The van der Waals surface area contributed by atoms with Crippen LogP contribution in [0.1, 0.15) is 33.3 Å². The molecule has 0 atom stereocenters. The summed E-state index contributed by atoms with van der Waals surface area (Å²) in [7, 11) is 0. The Kier molecular flexibility index (Phi) is 4.87. The number of amides is 1. The van der Waals surface area contributed by atoms with E-state index in [1.54, 1.807) is 0 Å². The minimum atomic E-state index is -0.529. The summed E-state index contributed by atoms with van der Waals surface area (Å²) < 4.78 is 7.52. The Hall–Kier alpha value is -2.95. The molecular weight excluding hydrogens is 338 g/mol. The molecule has 0 fully saturated rings. The van der Waals surface area contributed by atoms with Crippen molar-refractivity contribution in [1.29, 1.82) is 0 Å². The van der Waals surface area contributed by atoms with Crippen molar-refractivity contribution < 1.29 is 9.53 Å². The highest BCUT2D eigenvalue weighted by Crippen LogP contribution is 2.36. The van der Waals surface area contributed by atoms with E-state index in [4.69, 9.17) is 10.5 Å². The fourth-order valence-corrected chi connectivity index (χ4v) is 3.26. The maximum absolute atomic E-state index is 11.9. The van der Waals surface area contributed by atoms with Gasteiger partial charge in [-0.3, -0.25) is 5.32 Å². The lowest BCUT2D eigenvalue weighted by Crippen LogP contribution is -2.27. The molecular formula is C22H27N3O2. The first-order chi connectivity index (χ1) is 12.7. The molecule has 3 N–H and O–H groups in total. The van der Waals surface area contributed by atoms with Crippen molar-refractivity contribution >= 4 is 28.4 Å². The van der Waals surface area contributed by atoms with Gasteiger partial charge in [0.05, 0.1) is 16.9 Å². The monoisotopic (exact) mass is 365 g/mol. The van der Waals surface area contributed by atoms with Crippen molar-refractivity contribution in [3.8, 4) is 11.3 Å². The molecule has 142 valence electrons. The molecule has 0 saturated heterocycles. The Labute approximate surface area is 160 Å². The van der Waals surface area contributed by atoms with E-state index in [0.717, 1.165) is 34.4 Å². The lowest BCUT2D eigenvalue weighted by atomic mass is 10.1. The highest BCUT2D eigenvalue weighted by Gasteiger charge is 2.18. The second-order valence-electron chi connectivity index (χ2n) is 7.73. The Bertz CT molecular complexity index is 979. The zero-order valence-corrected chi connectivity index (χ0v) is 16.6. The summed E-state index contributed by atoms with van der Waals surface area (Å²) >= 11 is 0. The number of aryl methyl sites for hydroxylation is 2. The standard InChI is InChI=1S/C22H27N3O2/c1-6-25-18-13-14(2)7-12-17(18)19(23)20(25)15-8-10-16(11-9-15)24-21(26)27-22(3,4)5/h7-13H,6,23H2,1-5H3,(H,24,26). The Morgan fingerprint density at radius 3 is 2.41 bits per heavy atom. The summed E-state index contributed by atoms with van der Waals surface area (Å²) in [6.07, 6.45) is -0.465. The second-order valence-corrected chi connectivity index (χ2v) is 7.73. The Morgan fingerprint density at radius 1 is 1.15 bits per heavy atom. The molecule has 2 aromatic carbocycles. The third-order valence-electron chi connectivity index (χ3n) is 4.38. The Balaban J connectivity index is 1.94. The van der Waals surface area contributed by atoms with Crippen molar-refractivity contribution in [2.75, 3.05) is 11.1 Å². The molecule has 0 saturated carbocycles. The molecule has 5 heteroatoms. The van der Waals surface area contributed by atoms with Crippen LogP contribution in [0.5, 0.6) is 0 Å². The van der Waals surface area contributed by atoms with Gasteiger partial charge in [-0.05, 0) is 58.4 Å². The van der Waals surface area contributed by atoms with Gasteiger partial charge >= 0.3 is 6.09 Å². The highest BCUT2D eigenvalue weighted by molar-refractivity contribution is 6.01. The maximum Gasteiger partial charge on any atom is 0.412 e. The van der Waals surface area contributed by atoms with Crippen molar-refractivity contribution in [1.82, 2.24) is 4.57 Å². The van der Waals surface area contributed by atoms with E-state index >= 15 is 0 Å². The van der Waals surface area contributed by atoms with E-state index in [1.807, 2.05) is 45.0 Å². The van der Waals surface area contributed by atoms with Crippen LogP contribution in [0, 0.1) is 6.92 Å². The van der Waals surface area contributed by atoms with E-state index in [1.165, 1.54) is 5.56 Å². The number of anilines is 2. The number of benzene rings is 2. The summed E-state index contributed by atoms with van der Waals surface area (Å²) in [5.74, 6) is 0. The fraction of sp³-hybridized carbons (Fsp3) is 0.318. The van der Waals surface area contributed by atoms with Crippen LogP contribution in [0.3, 0.4) is 0 Å². The van der Waals surface area contributed by atoms with E-state index in [9.17, 15) is 4.79 Å². The fourth-order valence-electron chi connectivity index (χ4n) is 3.26. The van der Waals surface area contributed by atoms with Gasteiger partial charge in [-0.2, -0.15) is 0 Å². The average Bonchev–Trinajstić information content (AvgIpc) is 2.85. The summed E-state index contributed by atoms with van der Waals surface area (Å²) in [4.78, 5) is 11.9. The van der Waals surface area contributed by atoms with E-state index < -0.39 is 11.7 Å². The molecule has 5 nitrogen and oxygen atoms in total. The zero-order valence-electron chi connectivity index (χ0n) is 16.6. The van der Waals surface area contributed by atoms with E-state index in [-0.39, 0.29) is 0 Å². The molecule has 0 bridgehead atoms. The highest BCUT2D eigenvalue weighted by atomic mass is 16.6. The number of nitrogens with zero attached hydrogens (tertiary/aromatic N) is 1. The smallest absolute Gasteiger partial charge is 0.412 e. The van der Waals surface area contributed by atoms with Crippen molar-refractivity contribution in [2.24, 2.45) is 0 Å². The van der Waals surface area contributed by atoms with Crippen LogP contribution in [0.15, 0.2) is 42.5 Å². The Morgan fingerprint density at radius 2 is 1.81 bits per heavy atom. The van der Waals surface area contributed by atoms with Gasteiger partial charge in [0.25, 0.3) is 0 Å². The van der Waals surface area contributed by atoms with Crippen LogP contribution in [0.25, 0.3) is 22.2 Å². The SMILES string of the molecule is CCn1c(-c2ccc(NC(=O)OC(C)(C)C)cc2)c(N)c2ccc(C)cc21. The summed E-state index contributed by atoms with van der Waals surface area (Å²) in [5, 5.41) is 3.82. The van der Waals surface area contributed by atoms with Gasteiger partial charge < -0.3 is 15.0 Å². The lowest BCUT2D eigenvalue weighted by molar-refractivity contribution is 0.0636. The number of nitrogens with one attached hydrogen (secondary N) is 1. The third-order valence-corrected chi connectivity index (χ3v) is 4.38. The minimum Gasteiger partial charge on any atom is -0.444 e. The lowest BCUT2D eigenvalue weighted by Gasteiger charge is -2.19. The molecule has 3 aromatic rings. The molecule has 3 rings (SSSR count). The third kappa shape index (κ3) is 3.92. The molecule has 1 aromatic heterocycles. The molecule has 0 aliphatic heterocycles. The molecule has 0 spiro atoms. The number of carbonyl (C=O) groups excluding carboxylic acids is 1. The summed E-state index contributed by atoms with van der Waals surface area (Å²) in [6.45, 7) is 10.5. The second kappa shape index (κ2) is 6.99. The number of hydrogen-bond donors (Lipinski definition) is 2. The molecule has 1 heterocycles.